The summed E-state index contributed by atoms with van der Waals surface area (Å²) in [5, 5.41) is 0.606. The van der Waals surface area contributed by atoms with Gasteiger partial charge < -0.3 is 0 Å². The van der Waals surface area contributed by atoms with Gasteiger partial charge in [-0.15, -0.1) is 0 Å². The second-order valence-corrected chi connectivity index (χ2v) is 8.70. The molecular weight excluding hydrogens is 444 g/mol. The molecule has 0 unspecified atom stereocenters. The standard InChI is InChI=1S/C21H18BrClN2OS/c22-16-8-4-14(5-9-16)18-20(27)25(21(24-18)12-2-1-3-13-21)19(26)15-6-10-17(23)11-7-15/h4-11H,1-3,12-13H2. The maximum absolute atomic E-state index is 13.4. The number of amides is 1. The monoisotopic (exact) mass is 460 g/mol. The summed E-state index contributed by atoms with van der Waals surface area (Å²) in [5.74, 6) is -0.102. The third kappa shape index (κ3) is 3.48. The molecule has 1 aliphatic heterocycles. The van der Waals surface area contributed by atoms with Crippen LogP contribution in [0.3, 0.4) is 0 Å². The summed E-state index contributed by atoms with van der Waals surface area (Å²) in [5.41, 5.74) is 1.70. The van der Waals surface area contributed by atoms with Crippen LogP contribution < -0.4 is 0 Å². The Labute approximate surface area is 177 Å². The Morgan fingerprint density at radius 1 is 1.04 bits per heavy atom. The zero-order chi connectivity index (χ0) is 19.0. The Morgan fingerprint density at radius 3 is 2.30 bits per heavy atom. The third-order valence-electron chi connectivity index (χ3n) is 5.21. The van der Waals surface area contributed by atoms with Crippen molar-refractivity contribution < 1.29 is 4.79 Å². The molecule has 1 spiro atoms. The van der Waals surface area contributed by atoms with Crippen molar-refractivity contribution in [3.63, 3.8) is 0 Å². The Balaban J connectivity index is 1.76. The van der Waals surface area contributed by atoms with E-state index in [1.165, 1.54) is 6.42 Å². The van der Waals surface area contributed by atoms with Crippen LogP contribution >= 0.6 is 39.7 Å². The van der Waals surface area contributed by atoms with E-state index < -0.39 is 5.66 Å². The van der Waals surface area contributed by atoms with E-state index in [-0.39, 0.29) is 5.91 Å². The van der Waals surface area contributed by atoms with E-state index >= 15 is 0 Å². The zero-order valence-corrected chi connectivity index (χ0v) is 17.8. The van der Waals surface area contributed by atoms with Gasteiger partial charge in [-0.1, -0.05) is 58.3 Å². The summed E-state index contributed by atoms with van der Waals surface area (Å²) < 4.78 is 0.997. The average Bonchev–Trinajstić information content (AvgIpc) is 2.95. The summed E-state index contributed by atoms with van der Waals surface area (Å²) >= 11 is 15.2. The molecule has 0 atom stereocenters. The van der Waals surface area contributed by atoms with E-state index in [1.807, 2.05) is 24.3 Å². The van der Waals surface area contributed by atoms with Crippen molar-refractivity contribution in [3.8, 4) is 0 Å². The average molecular weight is 462 g/mol. The van der Waals surface area contributed by atoms with Gasteiger partial charge in [0.05, 0.1) is 0 Å². The zero-order valence-electron chi connectivity index (χ0n) is 14.6. The summed E-state index contributed by atoms with van der Waals surface area (Å²) in [6.45, 7) is 0. The van der Waals surface area contributed by atoms with E-state index in [1.54, 1.807) is 29.2 Å². The maximum Gasteiger partial charge on any atom is 0.260 e. The lowest BCUT2D eigenvalue weighted by Crippen LogP contribution is -2.50. The van der Waals surface area contributed by atoms with Gasteiger partial charge >= 0.3 is 0 Å². The highest BCUT2D eigenvalue weighted by Gasteiger charge is 2.48. The molecule has 0 bridgehead atoms. The molecule has 1 amide bonds. The number of rotatable bonds is 2. The highest BCUT2D eigenvalue weighted by atomic mass is 79.9. The van der Waals surface area contributed by atoms with E-state index in [9.17, 15) is 4.79 Å². The summed E-state index contributed by atoms with van der Waals surface area (Å²) in [4.78, 5) is 20.7. The summed E-state index contributed by atoms with van der Waals surface area (Å²) in [7, 11) is 0. The van der Waals surface area contributed by atoms with Crippen molar-refractivity contribution in [2.75, 3.05) is 0 Å². The minimum absolute atomic E-state index is 0.102. The molecule has 0 saturated heterocycles. The van der Waals surface area contributed by atoms with Crippen LogP contribution in [0.2, 0.25) is 5.02 Å². The highest BCUT2D eigenvalue weighted by Crippen LogP contribution is 2.41. The molecule has 6 heteroatoms. The third-order valence-corrected chi connectivity index (χ3v) is 6.36. The van der Waals surface area contributed by atoms with E-state index in [0.29, 0.717) is 15.6 Å². The van der Waals surface area contributed by atoms with Gasteiger partial charge in [0.15, 0.2) is 0 Å². The van der Waals surface area contributed by atoms with Gasteiger partial charge in [-0.3, -0.25) is 14.7 Å². The molecule has 4 rings (SSSR count). The molecule has 138 valence electrons. The molecule has 27 heavy (non-hydrogen) atoms. The molecule has 0 aromatic heterocycles. The Hall–Kier alpha value is -1.56. The van der Waals surface area contributed by atoms with Crippen LogP contribution in [0.4, 0.5) is 0 Å². The van der Waals surface area contributed by atoms with Crippen molar-refractivity contribution in [1.82, 2.24) is 4.90 Å². The highest BCUT2D eigenvalue weighted by molar-refractivity contribution is 9.10. The van der Waals surface area contributed by atoms with Gasteiger partial charge in [0.1, 0.15) is 16.4 Å². The van der Waals surface area contributed by atoms with Crippen molar-refractivity contribution in [1.29, 1.82) is 0 Å². The first kappa shape index (κ1) is 18.8. The van der Waals surface area contributed by atoms with Gasteiger partial charge in [0.2, 0.25) is 0 Å². The number of halogens is 2. The number of aliphatic imine (C=N–C) groups is 1. The number of nitrogens with zero attached hydrogens (tertiary/aromatic N) is 2. The topological polar surface area (TPSA) is 32.7 Å². The van der Waals surface area contributed by atoms with E-state index in [2.05, 4.69) is 15.9 Å². The first-order valence-corrected chi connectivity index (χ1v) is 10.6. The quantitative estimate of drug-likeness (QED) is 0.511. The van der Waals surface area contributed by atoms with Gasteiger partial charge in [0.25, 0.3) is 5.91 Å². The number of carbonyl (C=O) groups is 1. The van der Waals surface area contributed by atoms with Crippen LogP contribution in [0.1, 0.15) is 48.0 Å². The Morgan fingerprint density at radius 2 is 1.67 bits per heavy atom. The molecule has 3 nitrogen and oxygen atoms in total. The Bertz CT molecular complexity index is 918. The van der Waals surface area contributed by atoms with Gasteiger partial charge in [-0.25, -0.2) is 0 Å². The molecule has 1 saturated carbocycles. The number of benzene rings is 2. The van der Waals surface area contributed by atoms with E-state index in [4.69, 9.17) is 28.8 Å². The molecule has 0 N–H and O–H groups in total. The van der Waals surface area contributed by atoms with Crippen LogP contribution in [-0.2, 0) is 0 Å². The predicted molar refractivity (Wildman–Crippen MR) is 117 cm³/mol. The lowest BCUT2D eigenvalue weighted by atomic mass is 9.88. The molecule has 0 radical (unpaired) electrons. The number of thiocarbonyl (C=S) groups is 1. The van der Waals surface area contributed by atoms with Crippen LogP contribution in [-0.4, -0.2) is 27.2 Å². The number of hydrogen-bond donors (Lipinski definition) is 0. The minimum Gasteiger partial charge on any atom is -0.271 e. The molecular formula is C21H18BrClN2OS. The molecule has 2 aromatic carbocycles. The second-order valence-electron chi connectivity index (χ2n) is 6.96. The first-order valence-electron chi connectivity index (χ1n) is 9.00. The fourth-order valence-corrected chi connectivity index (χ4v) is 4.66. The minimum atomic E-state index is -0.561. The first-order chi connectivity index (χ1) is 13.0. The van der Waals surface area contributed by atoms with Crippen molar-refractivity contribution >= 4 is 56.4 Å². The molecule has 1 heterocycles. The lowest BCUT2D eigenvalue weighted by molar-refractivity contribution is 0.0648. The van der Waals surface area contributed by atoms with Crippen LogP contribution in [0.5, 0.6) is 0 Å². The fraction of sp³-hybridized carbons (Fsp3) is 0.286. The predicted octanol–water partition coefficient (Wildman–Crippen LogP) is 6.04. The van der Waals surface area contributed by atoms with Crippen LogP contribution in [0, 0.1) is 0 Å². The number of carbonyl (C=O) groups excluding carboxylic acids is 1. The van der Waals surface area contributed by atoms with Crippen LogP contribution in [0.25, 0.3) is 0 Å². The van der Waals surface area contributed by atoms with E-state index in [0.717, 1.165) is 41.4 Å². The fourth-order valence-electron chi connectivity index (χ4n) is 3.85. The Kier molecular flexibility index (Phi) is 5.19. The smallest absolute Gasteiger partial charge is 0.260 e. The molecule has 1 aliphatic carbocycles. The normalized spacial score (nSPS) is 18.7. The lowest BCUT2D eigenvalue weighted by Gasteiger charge is -2.38. The molecule has 1 fully saturated rings. The molecule has 2 aliphatic rings. The maximum atomic E-state index is 13.4. The van der Waals surface area contributed by atoms with Crippen LogP contribution in [0.15, 0.2) is 58.0 Å². The van der Waals surface area contributed by atoms with Crippen molar-refractivity contribution in [2.24, 2.45) is 4.99 Å². The molecule has 2 aromatic rings. The second kappa shape index (κ2) is 7.46. The van der Waals surface area contributed by atoms with Gasteiger partial charge in [0, 0.05) is 20.6 Å². The largest absolute Gasteiger partial charge is 0.271 e. The summed E-state index contributed by atoms with van der Waals surface area (Å²) in [6, 6.07) is 14.9. The van der Waals surface area contributed by atoms with Crippen molar-refractivity contribution in [3.05, 3.63) is 69.2 Å². The SMILES string of the molecule is O=C(c1ccc(Cl)cc1)N1C(=S)C(c2ccc(Br)cc2)=NC12CCCCC2. The number of hydrogen-bond acceptors (Lipinski definition) is 3. The van der Waals surface area contributed by atoms with Gasteiger partial charge in [-0.2, -0.15) is 0 Å². The van der Waals surface area contributed by atoms with Gasteiger partial charge in [-0.05, 0) is 62.1 Å². The summed E-state index contributed by atoms with van der Waals surface area (Å²) in [6.07, 6.45) is 4.94. The van der Waals surface area contributed by atoms with Crippen molar-refractivity contribution in [2.45, 2.75) is 37.8 Å².